The van der Waals surface area contributed by atoms with E-state index in [1.54, 1.807) is 19.5 Å². The molecule has 0 radical (unpaired) electrons. The number of carbonyl (C=O) groups is 1. The Bertz CT molecular complexity index is 1030. The van der Waals surface area contributed by atoms with Crippen LogP contribution < -0.4 is 4.74 Å². The molecule has 4 rings (SSSR count). The van der Waals surface area contributed by atoms with Crippen molar-refractivity contribution in [2.45, 2.75) is 38.4 Å². The monoisotopic (exact) mass is 409 g/mol. The summed E-state index contributed by atoms with van der Waals surface area (Å²) in [6, 6.07) is 11.9. The highest BCUT2D eigenvalue weighted by molar-refractivity contribution is 7.71. The average molecular weight is 410 g/mol. The molecule has 1 aromatic carbocycles. The summed E-state index contributed by atoms with van der Waals surface area (Å²) in [6.45, 7) is 1.10. The fourth-order valence-corrected chi connectivity index (χ4v) is 3.55. The highest BCUT2D eigenvalue weighted by Crippen LogP contribution is 2.29. The second-order valence-electron chi connectivity index (χ2n) is 7.09. The van der Waals surface area contributed by atoms with Gasteiger partial charge in [-0.05, 0) is 67.0 Å². The maximum atomic E-state index is 13.0. The van der Waals surface area contributed by atoms with Gasteiger partial charge in [-0.1, -0.05) is 0 Å². The van der Waals surface area contributed by atoms with Gasteiger partial charge in [-0.15, -0.1) is 0 Å². The van der Waals surface area contributed by atoms with Gasteiger partial charge in [0.15, 0.2) is 10.6 Å². The Hall–Kier alpha value is -3.00. The number of aromatic amines is 1. The number of benzene rings is 1. The largest absolute Gasteiger partial charge is 0.497 e. The Labute approximate surface area is 174 Å². The number of nitrogens with one attached hydrogen (secondary N) is 1. The van der Waals surface area contributed by atoms with Crippen molar-refractivity contribution in [3.63, 3.8) is 0 Å². The van der Waals surface area contributed by atoms with Crippen molar-refractivity contribution in [2.75, 3.05) is 7.11 Å². The fourth-order valence-electron chi connectivity index (χ4n) is 3.33. The van der Waals surface area contributed by atoms with Crippen LogP contribution in [0.15, 0.2) is 48.8 Å². The standard InChI is InChI=1S/C21H23N5O2S/c1-28-18-6-2-16(3-7-18)20-23-24-21(29)25(20)13-10-19(27)26(17-4-5-17)14-15-8-11-22-12-9-15/h2-3,6-9,11-12,17H,4-5,10,13-14H2,1H3,(H,24,29). The summed E-state index contributed by atoms with van der Waals surface area (Å²) in [4.78, 5) is 19.0. The Kier molecular flexibility index (Phi) is 5.71. The first kappa shape index (κ1) is 19.3. The molecular formula is C21H23N5O2S. The van der Waals surface area contributed by atoms with Gasteiger partial charge in [0.25, 0.3) is 0 Å². The lowest BCUT2D eigenvalue weighted by Crippen LogP contribution is -2.33. The van der Waals surface area contributed by atoms with E-state index < -0.39 is 0 Å². The SMILES string of the molecule is COc1ccc(-c2n[nH]c(=S)n2CCC(=O)N(Cc2ccncc2)C2CC2)cc1. The first-order valence-electron chi connectivity index (χ1n) is 9.63. The zero-order valence-electron chi connectivity index (χ0n) is 16.2. The van der Waals surface area contributed by atoms with E-state index in [4.69, 9.17) is 17.0 Å². The number of pyridine rings is 1. The maximum absolute atomic E-state index is 13.0. The van der Waals surface area contributed by atoms with Crippen molar-refractivity contribution in [3.8, 4) is 17.1 Å². The number of hydrogen-bond donors (Lipinski definition) is 1. The lowest BCUT2D eigenvalue weighted by atomic mass is 10.2. The summed E-state index contributed by atoms with van der Waals surface area (Å²) in [5, 5.41) is 7.20. The molecule has 0 bridgehead atoms. The van der Waals surface area contributed by atoms with Crippen LogP contribution in [-0.2, 0) is 17.9 Å². The van der Waals surface area contributed by atoms with Crippen LogP contribution in [0.5, 0.6) is 5.75 Å². The number of aromatic nitrogens is 4. The highest BCUT2D eigenvalue weighted by atomic mass is 32.1. The molecule has 1 aliphatic carbocycles. The average Bonchev–Trinajstić information content (AvgIpc) is 3.53. The van der Waals surface area contributed by atoms with Crippen molar-refractivity contribution in [1.29, 1.82) is 0 Å². The van der Waals surface area contributed by atoms with E-state index in [9.17, 15) is 4.79 Å². The summed E-state index contributed by atoms with van der Waals surface area (Å²) < 4.78 is 7.60. The molecule has 2 aromatic heterocycles. The third-order valence-electron chi connectivity index (χ3n) is 5.07. The van der Waals surface area contributed by atoms with E-state index >= 15 is 0 Å². The predicted molar refractivity (Wildman–Crippen MR) is 112 cm³/mol. The molecule has 150 valence electrons. The van der Waals surface area contributed by atoms with Gasteiger partial charge in [-0.25, -0.2) is 0 Å². The van der Waals surface area contributed by atoms with Gasteiger partial charge in [0.1, 0.15) is 5.75 Å². The molecule has 1 N–H and O–H groups in total. The van der Waals surface area contributed by atoms with Crippen LogP contribution in [0.3, 0.4) is 0 Å². The van der Waals surface area contributed by atoms with Crippen molar-refractivity contribution < 1.29 is 9.53 Å². The molecule has 8 heteroatoms. The smallest absolute Gasteiger partial charge is 0.224 e. The molecule has 0 saturated heterocycles. The van der Waals surface area contributed by atoms with Gasteiger partial charge in [0.05, 0.1) is 7.11 Å². The van der Waals surface area contributed by atoms with Crippen molar-refractivity contribution in [3.05, 3.63) is 59.1 Å². The second-order valence-corrected chi connectivity index (χ2v) is 7.48. The molecule has 2 heterocycles. The number of methoxy groups -OCH3 is 1. The summed E-state index contributed by atoms with van der Waals surface area (Å²) in [5.41, 5.74) is 2.01. The quantitative estimate of drug-likeness (QED) is 0.576. The van der Waals surface area contributed by atoms with Crippen molar-refractivity contribution in [2.24, 2.45) is 0 Å². The lowest BCUT2D eigenvalue weighted by Gasteiger charge is -2.23. The molecule has 0 atom stereocenters. The number of carbonyl (C=O) groups excluding carboxylic acids is 1. The van der Waals surface area contributed by atoms with E-state index in [1.807, 2.05) is 45.9 Å². The molecule has 1 saturated carbocycles. The summed E-state index contributed by atoms with van der Waals surface area (Å²) >= 11 is 5.40. The molecule has 0 unspecified atom stereocenters. The minimum absolute atomic E-state index is 0.132. The molecular weight excluding hydrogens is 386 g/mol. The first-order valence-corrected chi connectivity index (χ1v) is 10.0. The lowest BCUT2D eigenvalue weighted by molar-refractivity contribution is -0.132. The zero-order valence-corrected chi connectivity index (χ0v) is 17.1. The summed E-state index contributed by atoms with van der Waals surface area (Å²) in [6.07, 6.45) is 6.03. The van der Waals surface area contributed by atoms with Crippen LogP contribution in [-0.4, -0.2) is 43.7 Å². The maximum Gasteiger partial charge on any atom is 0.224 e. The fraction of sp³-hybridized carbons (Fsp3) is 0.333. The van der Waals surface area contributed by atoms with Crippen LogP contribution >= 0.6 is 12.2 Å². The van der Waals surface area contributed by atoms with Crippen molar-refractivity contribution in [1.82, 2.24) is 24.6 Å². The number of nitrogens with zero attached hydrogens (tertiary/aromatic N) is 4. The second kappa shape index (κ2) is 8.57. The summed E-state index contributed by atoms with van der Waals surface area (Å²) in [5.74, 6) is 1.63. The number of rotatable bonds is 8. The number of H-pyrrole nitrogens is 1. The Morgan fingerprint density at radius 2 is 1.97 bits per heavy atom. The van der Waals surface area contributed by atoms with E-state index in [1.165, 1.54) is 0 Å². The van der Waals surface area contributed by atoms with Gasteiger partial charge in [0, 0.05) is 43.5 Å². The van der Waals surface area contributed by atoms with E-state index in [-0.39, 0.29) is 5.91 Å². The molecule has 29 heavy (non-hydrogen) atoms. The highest BCUT2D eigenvalue weighted by Gasteiger charge is 2.32. The van der Waals surface area contributed by atoms with Gasteiger partial charge in [-0.2, -0.15) is 5.10 Å². The number of ether oxygens (including phenoxy) is 1. The van der Waals surface area contributed by atoms with Crippen LogP contribution in [0.25, 0.3) is 11.4 Å². The van der Waals surface area contributed by atoms with Crippen LogP contribution in [0, 0.1) is 4.77 Å². The molecule has 1 amide bonds. The third kappa shape index (κ3) is 4.54. The van der Waals surface area contributed by atoms with Crippen LogP contribution in [0.4, 0.5) is 0 Å². The van der Waals surface area contributed by atoms with Crippen molar-refractivity contribution >= 4 is 18.1 Å². The first-order chi connectivity index (χ1) is 14.2. The van der Waals surface area contributed by atoms with E-state index in [0.29, 0.717) is 30.3 Å². The Morgan fingerprint density at radius 1 is 1.24 bits per heavy atom. The molecule has 0 aliphatic heterocycles. The minimum atomic E-state index is 0.132. The molecule has 0 spiro atoms. The summed E-state index contributed by atoms with van der Waals surface area (Å²) in [7, 11) is 1.63. The number of hydrogen-bond acceptors (Lipinski definition) is 5. The zero-order chi connectivity index (χ0) is 20.2. The van der Waals surface area contributed by atoms with Crippen LogP contribution in [0.1, 0.15) is 24.8 Å². The minimum Gasteiger partial charge on any atom is -0.497 e. The number of amides is 1. The van der Waals surface area contributed by atoms with Gasteiger partial charge in [-0.3, -0.25) is 19.4 Å². The normalized spacial score (nSPS) is 13.3. The van der Waals surface area contributed by atoms with Gasteiger partial charge >= 0.3 is 0 Å². The van der Waals surface area contributed by atoms with Gasteiger partial charge in [0.2, 0.25) is 5.91 Å². The van der Waals surface area contributed by atoms with E-state index in [2.05, 4.69) is 15.2 Å². The molecule has 3 aromatic rings. The Morgan fingerprint density at radius 3 is 2.62 bits per heavy atom. The van der Waals surface area contributed by atoms with Gasteiger partial charge < -0.3 is 9.64 Å². The topological polar surface area (TPSA) is 76.0 Å². The molecule has 7 nitrogen and oxygen atoms in total. The Balaban J connectivity index is 1.47. The molecule has 1 aliphatic rings. The predicted octanol–water partition coefficient (Wildman–Crippen LogP) is 3.59. The molecule has 1 fully saturated rings. The van der Waals surface area contributed by atoms with Crippen LogP contribution in [0.2, 0.25) is 0 Å². The third-order valence-corrected chi connectivity index (χ3v) is 5.38. The van der Waals surface area contributed by atoms with E-state index in [0.717, 1.165) is 35.5 Å².